The molecule has 0 saturated heterocycles. The Balaban J connectivity index is 1.62. The molecule has 0 radical (unpaired) electrons. The second-order valence-corrected chi connectivity index (χ2v) is 6.23. The lowest BCUT2D eigenvalue weighted by molar-refractivity contribution is -0.130. The number of carboxylic acids is 1. The molecule has 0 atom stereocenters. The van der Waals surface area contributed by atoms with Crippen molar-refractivity contribution in [1.82, 2.24) is 9.97 Å². The van der Waals surface area contributed by atoms with Gasteiger partial charge in [0.25, 0.3) is 0 Å². The van der Waals surface area contributed by atoms with Crippen LogP contribution >= 0.6 is 0 Å². The lowest BCUT2D eigenvalue weighted by atomic mass is 9.99. The van der Waals surface area contributed by atoms with E-state index in [1.165, 1.54) is 13.4 Å². The fraction of sp³-hybridized carbons (Fsp3) is 0.130. The van der Waals surface area contributed by atoms with Crippen LogP contribution in [0.25, 0.3) is 17.0 Å². The predicted octanol–water partition coefficient (Wildman–Crippen LogP) is 3.96. The molecule has 1 heterocycles. The summed E-state index contributed by atoms with van der Waals surface area (Å²) in [4.78, 5) is 25.6. The molecule has 0 amide bonds. The summed E-state index contributed by atoms with van der Waals surface area (Å²) in [6.07, 6.45) is 4.89. The summed E-state index contributed by atoms with van der Waals surface area (Å²) < 4.78 is 4.90. The van der Waals surface area contributed by atoms with Gasteiger partial charge in [0.15, 0.2) is 12.4 Å². The average Bonchev–Trinajstić information content (AvgIpc) is 2.78. The molecule has 0 bridgehead atoms. The summed E-state index contributed by atoms with van der Waals surface area (Å²) in [7, 11) is 1.41. The highest BCUT2D eigenvalue weighted by molar-refractivity contribution is 6.15. The second-order valence-electron chi connectivity index (χ2n) is 6.23. The van der Waals surface area contributed by atoms with E-state index >= 15 is 0 Å². The Bertz CT molecular complexity index is 1050. The molecule has 3 aromatic rings. The van der Waals surface area contributed by atoms with E-state index in [0.717, 1.165) is 11.1 Å². The van der Waals surface area contributed by atoms with Crippen molar-refractivity contribution in [3.05, 3.63) is 89.9 Å². The summed E-state index contributed by atoms with van der Waals surface area (Å²) in [6, 6.07) is 18.6. The molecule has 0 aliphatic carbocycles. The number of aromatic nitrogens is 2. The minimum absolute atomic E-state index is 0.0804. The maximum atomic E-state index is 11.5. The first kappa shape index (κ1) is 20.7. The van der Waals surface area contributed by atoms with Crippen LogP contribution in [-0.4, -0.2) is 34.4 Å². The van der Waals surface area contributed by atoms with Gasteiger partial charge in [0, 0.05) is 24.4 Å². The number of hydrogen-bond acceptors (Lipinski definition) is 6. The van der Waals surface area contributed by atoms with E-state index in [2.05, 4.69) is 15.1 Å². The molecule has 0 aliphatic heterocycles. The Morgan fingerprint density at radius 1 is 1.10 bits per heavy atom. The average molecular weight is 403 g/mol. The molecule has 1 aromatic heterocycles. The molecular weight excluding hydrogens is 382 g/mol. The SMILES string of the molecule is CO/C=C(/C(=O)O)c1ccccc1CC=NOCc1ccnc(-c2ccccc2)n1. The van der Waals surface area contributed by atoms with Crippen molar-refractivity contribution in [2.24, 2.45) is 5.16 Å². The van der Waals surface area contributed by atoms with E-state index in [1.807, 2.05) is 42.5 Å². The Kier molecular flexibility index (Phi) is 7.27. The Morgan fingerprint density at radius 3 is 2.63 bits per heavy atom. The molecule has 1 N–H and O–H groups in total. The minimum Gasteiger partial charge on any atom is -0.503 e. The number of benzene rings is 2. The number of carboxylic acid groups (broad SMARTS) is 1. The van der Waals surface area contributed by atoms with Gasteiger partial charge in [0.1, 0.15) is 5.57 Å². The van der Waals surface area contributed by atoms with Gasteiger partial charge in [-0.1, -0.05) is 59.8 Å². The van der Waals surface area contributed by atoms with Crippen molar-refractivity contribution in [2.45, 2.75) is 13.0 Å². The smallest absolute Gasteiger partial charge is 0.339 e. The van der Waals surface area contributed by atoms with Gasteiger partial charge in [-0.2, -0.15) is 0 Å². The first-order chi connectivity index (χ1) is 14.7. The van der Waals surface area contributed by atoms with E-state index in [9.17, 15) is 9.90 Å². The third-order valence-corrected chi connectivity index (χ3v) is 4.19. The highest BCUT2D eigenvalue weighted by Gasteiger charge is 2.14. The van der Waals surface area contributed by atoms with E-state index in [4.69, 9.17) is 9.57 Å². The van der Waals surface area contributed by atoms with E-state index in [0.29, 0.717) is 23.5 Å². The number of ether oxygens (including phenoxy) is 1. The van der Waals surface area contributed by atoms with Crippen molar-refractivity contribution in [2.75, 3.05) is 7.11 Å². The van der Waals surface area contributed by atoms with Crippen LogP contribution in [0.3, 0.4) is 0 Å². The van der Waals surface area contributed by atoms with Crippen LogP contribution in [0.1, 0.15) is 16.8 Å². The predicted molar refractivity (Wildman–Crippen MR) is 114 cm³/mol. The highest BCUT2D eigenvalue weighted by atomic mass is 16.6. The normalized spacial score (nSPS) is 11.4. The van der Waals surface area contributed by atoms with Crippen molar-refractivity contribution in [3.63, 3.8) is 0 Å². The first-order valence-corrected chi connectivity index (χ1v) is 9.24. The van der Waals surface area contributed by atoms with Crippen LogP contribution in [0.15, 0.2) is 78.3 Å². The van der Waals surface area contributed by atoms with Crippen LogP contribution in [0.5, 0.6) is 0 Å². The van der Waals surface area contributed by atoms with Crippen LogP contribution in [-0.2, 0) is 27.4 Å². The highest BCUT2D eigenvalue weighted by Crippen LogP contribution is 2.20. The van der Waals surface area contributed by atoms with Crippen molar-refractivity contribution in [1.29, 1.82) is 0 Å². The summed E-state index contributed by atoms with van der Waals surface area (Å²) >= 11 is 0. The van der Waals surface area contributed by atoms with Gasteiger partial charge in [-0.05, 0) is 17.2 Å². The summed E-state index contributed by atoms with van der Waals surface area (Å²) in [5.74, 6) is -0.434. The second kappa shape index (κ2) is 10.5. The quantitative estimate of drug-likeness (QED) is 0.252. The molecule has 0 spiro atoms. The number of methoxy groups -OCH3 is 1. The minimum atomic E-state index is -1.06. The Hall–Kier alpha value is -4.00. The Morgan fingerprint density at radius 2 is 1.87 bits per heavy atom. The van der Waals surface area contributed by atoms with Gasteiger partial charge in [-0.3, -0.25) is 0 Å². The van der Waals surface area contributed by atoms with Gasteiger partial charge >= 0.3 is 5.97 Å². The molecule has 152 valence electrons. The maximum Gasteiger partial charge on any atom is 0.339 e. The molecule has 3 rings (SSSR count). The van der Waals surface area contributed by atoms with Crippen LogP contribution in [0.4, 0.5) is 0 Å². The van der Waals surface area contributed by atoms with Crippen molar-refractivity contribution >= 4 is 17.8 Å². The number of nitrogens with zero attached hydrogens (tertiary/aromatic N) is 3. The monoisotopic (exact) mass is 403 g/mol. The number of rotatable bonds is 9. The largest absolute Gasteiger partial charge is 0.503 e. The third-order valence-electron chi connectivity index (χ3n) is 4.19. The van der Waals surface area contributed by atoms with Crippen LogP contribution in [0, 0.1) is 0 Å². The van der Waals surface area contributed by atoms with Gasteiger partial charge in [-0.15, -0.1) is 0 Å². The topological polar surface area (TPSA) is 93.9 Å². The fourth-order valence-corrected chi connectivity index (χ4v) is 2.80. The summed E-state index contributed by atoms with van der Waals surface area (Å²) in [5, 5.41) is 13.4. The molecule has 0 saturated carbocycles. The molecule has 30 heavy (non-hydrogen) atoms. The van der Waals surface area contributed by atoms with Crippen molar-refractivity contribution in [3.8, 4) is 11.4 Å². The van der Waals surface area contributed by atoms with E-state index in [1.54, 1.807) is 30.6 Å². The van der Waals surface area contributed by atoms with Gasteiger partial charge in [0.05, 0.1) is 19.1 Å². The summed E-state index contributed by atoms with van der Waals surface area (Å²) in [5.41, 5.74) is 3.08. The number of oxime groups is 1. The van der Waals surface area contributed by atoms with Gasteiger partial charge in [0.2, 0.25) is 0 Å². The zero-order valence-corrected chi connectivity index (χ0v) is 16.4. The van der Waals surface area contributed by atoms with Crippen LogP contribution in [0.2, 0.25) is 0 Å². The molecule has 0 aliphatic rings. The molecule has 7 heteroatoms. The molecule has 7 nitrogen and oxygen atoms in total. The fourth-order valence-electron chi connectivity index (χ4n) is 2.80. The van der Waals surface area contributed by atoms with Crippen LogP contribution < -0.4 is 0 Å². The molecule has 0 unspecified atom stereocenters. The van der Waals surface area contributed by atoms with Gasteiger partial charge in [-0.25, -0.2) is 14.8 Å². The Labute approximate surface area is 174 Å². The van der Waals surface area contributed by atoms with Gasteiger partial charge < -0.3 is 14.7 Å². The van der Waals surface area contributed by atoms with E-state index in [-0.39, 0.29) is 12.2 Å². The van der Waals surface area contributed by atoms with E-state index < -0.39 is 5.97 Å². The molecule has 2 aromatic carbocycles. The van der Waals surface area contributed by atoms with Crippen molar-refractivity contribution < 1.29 is 19.5 Å². The molecular formula is C23H21N3O4. The third kappa shape index (κ3) is 5.51. The zero-order chi connectivity index (χ0) is 21.2. The first-order valence-electron chi connectivity index (χ1n) is 9.24. The number of hydrogen-bond donors (Lipinski definition) is 1. The lowest BCUT2D eigenvalue weighted by Gasteiger charge is -2.08. The lowest BCUT2D eigenvalue weighted by Crippen LogP contribution is -2.04. The zero-order valence-electron chi connectivity index (χ0n) is 16.4. The standard InChI is InChI=1S/C23H21N3O4/c1-29-16-21(23(27)28)20-10-6-5-7-17(20)11-14-25-30-15-19-12-13-24-22(26-19)18-8-3-2-4-9-18/h2-10,12-14,16H,11,15H2,1H3,(H,27,28)/b21-16+,25-14?. The number of carbonyl (C=O) groups is 1. The molecule has 0 fully saturated rings. The number of aliphatic carboxylic acids is 1. The summed E-state index contributed by atoms with van der Waals surface area (Å²) in [6.45, 7) is 0.199. The maximum absolute atomic E-state index is 11.5.